The lowest BCUT2D eigenvalue weighted by Gasteiger charge is -2.15. The van der Waals surface area contributed by atoms with E-state index in [9.17, 15) is 4.79 Å². The smallest absolute Gasteiger partial charge is 0.229 e. The van der Waals surface area contributed by atoms with E-state index < -0.39 is 0 Å². The summed E-state index contributed by atoms with van der Waals surface area (Å²) >= 11 is 0. The summed E-state index contributed by atoms with van der Waals surface area (Å²) in [7, 11) is 0. The molecule has 0 saturated carbocycles. The van der Waals surface area contributed by atoms with E-state index in [0.717, 1.165) is 30.2 Å². The fourth-order valence-electron chi connectivity index (χ4n) is 2.21. The number of aryl methyl sites for hydroxylation is 2. The third-order valence-electron chi connectivity index (χ3n) is 3.34. The van der Waals surface area contributed by atoms with Crippen LogP contribution in [0.25, 0.3) is 0 Å². The lowest BCUT2D eigenvalue weighted by Crippen LogP contribution is -2.28. The second-order valence-electron chi connectivity index (χ2n) is 4.82. The number of carbonyl (C=O) groups excluding carboxylic acids is 1. The van der Waals surface area contributed by atoms with Crippen LogP contribution >= 0.6 is 12.4 Å². The average Bonchev–Trinajstić information content (AvgIpc) is 2.68. The van der Waals surface area contributed by atoms with Gasteiger partial charge in [0, 0.05) is 12.2 Å². The van der Waals surface area contributed by atoms with Gasteiger partial charge in [-0.2, -0.15) is 0 Å². The van der Waals surface area contributed by atoms with E-state index in [0.29, 0.717) is 5.92 Å². The maximum absolute atomic E-state index is 12.1. The first-order valence-corrected chi connectivity index (χ1v) is 6.03. The molecule has 1 aliphatic heterocycles. The number of hydrogen-bond acceptors (Lipinski definition) is 3. The number of pyridine rings is 1. The second kappa shape index (κ2) is 6.16. The van der Waals surface area contributed by atoms with Gasteiger partial charge in [0.05, 0.1) is 17.3 Å². The molecular formula is C13H20ClN3O. The van der Waals surface area contributed by atoms with Crippen molar-refractivity contribution in [2.45, 2.75) is 20.8 Å². The van der Waals surface area contributed by atoms with Crippen LogP contribution in [0.4, 0.5) is 5.69 Å². The van der Waals surface area contributed by atoms with Crippen LogP contribution in [-0.4, -0.2) is 24.0 Å². The number of aromatic nitrogens is 1. The highest BCUT2D eigenvalue weighted by atomic mass is 35.5. The van der Waals surface area contributed by atoms with Gasteiger partial charge in [-0.15, -0.1) is 12.4 Å². The highest BCUT2D eigenvalue weighted by Crippen LogP contribution is 2.19. The Kier molecular flexibility index (Phi) is 5.11. The van der Waals surface area contributed by atoms with Gasteiger partial charge in [0.1, 0.15) is 0 Å². The Bertz CT molecular complexity index is 436. The van der Waals surface area contributed by atoms with Crippen molar-refractivity contribution in [3.05, 3.63) is 23.5 Å². The van der Waals surface area contributed by atoms with Gasteiger partial charge >= 0.3 is 0 Å². The third kappa shape index (κ3) is 3.21. The molecule has 1 aromatic rings. The molecule has 0 radical (unpaired) electrons. The van der Waals surface area contributed by atoms with Crippen LogP contribution < -0.4 is 10.6 Å². The molecule has 100 valence electrons. The van der Waals surface area contributed by atoms with E-state index in [1.807, 2.05) is 26.0 Å². The van der Waals surface area contributed by atoms with Crippen LogP contribution in [0.5, 0.6) is 0 Å². The molecule has 1 aliphatic rings. The molecule has 2 atom stereocenters. The molecule has 5 heteroatoms. The van der Waals surface area contributed by atoms with Crippen molar-refractivity contribution in [1.82, 2.24) is 10.3 Å². The van der Waals surface area contributed by atoms with Crippen LogP contribution in [-0.2, 0) is 4.79 Å². The van der Waals surface area contributed by atoms with Crippen molar-refractivity contribution in [3.8, 4) is 0 Å². The molecule has 2 heterocycles. The molecule has 0 spiro atoms. The Balaban J connectivity index is 0.00000162. The first kappa shape index (κ1) is 14.9. The largest absolute Gasteiger partial charge is 0.324 e. The number of carbonyl (C=O) groups is 1. The van der Waals surface area contributed by atoms with Crippen molar-refractivity contribution < 1.29 is 4.79 Å². The van der Waals surface area contributed by atoms with Crippen LogP contribution in [0.3, 0.4) is 0 Å². The quantitative estimate of drug-likeness (QED) is 0.862. The monoisotopic (exact) mass is 269 g/mol. The van der Waals surface area contributed by atoms with Crippen molar-refractivity contribution in [1.29, 1.82) is 0 Å². The van der Waals surface area contributed by atoms with Crippen LogP contribution in [0.15, 0.2) is 12.1 Å². The van der Waals surface area contributed by atoms with E-state index in [1.165, 1.54) is 0 Å². The van der Waals surface area contributed by atoms with Crippen LogP contribution in [0, 0.1) is 25.7 Å². The molecule has 1 aromatic heterocycles. The van der Waals surface area contributed by atoms with Crippen molar-refractivity contribution in [2.24, 2.45) is 11.8 Å². The molecule has 2 rings (SSSR count). The molecule has 4 nitrogen and oxygen atoms in total. The fraction of sp³-hybridized carbons (Fsp3) is 0.538. The summed E-state index contributed by atoms with van der Waals surface area (Å²) in [6, 6.07) is 3.83. The molecule has 1 amide bonds. The van der Waals surface area contributed by atoms with Gasteiger partial charge in [-0.3, -0.25) is 9.78 Å². The van der Waals surface area contributed by atoms with Crippen LogP contribution in [0.2, 0.25) is 0 Å². The van der Waals surface area contributed by atoms with Crippen molar-refractivity contribution in [3.63, 3.8) is 0 Å². The van der Waals surface area contributed by atoms with Gasteiger partial charge in [-0.25, -0.2) is 0 Å². The molecular weight excluding hydrogens is 250 g/mol. The van der Waals surface area contributed by atoms with E-state index in [4.69, 9.17) is 0 Å². The Labute approximate surface area is 114 Å². The minimum Gasteiger partial charge on any atom is -0.324 e. The van der Waals surface area contributed by atoms with E-state index in [-0.39, 0.29) is 24.2 Å². The number of amides is 1. The minimum atomic E-state index is 0. The molecule has 0 aromatic carbocycles. The lowest BCUT2D eigenvalue weighted by atomic mass is 9.97. The van der Waals surface area contributed by atoms with Gasteiger partial charge in [-0.05, 0) is 38.4 Å². The summed E-state index contributed by atoms with van der Waals surface area (Å²) < 4.78 is 0. The van der Waals surface area contributed by atoms with E-state index in [2.05, 4.69) is 22.5 Å². The first-order valence-electron chi connectivity index (χ1n) is 6.03. The molecule has 0 unspecified atom stereocenters. The summed E-state index contributed by atoms with van der Waals surface area (Å²) in [6.45, 7) is 7.65. The SMILES string of the molecule is Cc1ccc(NC(=O)[C@@H]2CNC[C@H]2C)c(C)n1.Cl. The van der Waals surface area contributed by atoms with Crippen molar-refractivity contribution in [2.75, 3.05) is 18.4 Å². The molecule has 1 saturated heterocycles. The van der Waals surface area contributed by atoms with E-state index in [1.54, 1.807) is 0 Å². The van der Waals surface area contributed by atoms with Crippen LogP contribution in [0.1, 0.15) is 18.3 Å². The lowest BCUT2D eigenvalue weighted by molar-refractivity contribution is -0.120. The summed E-state index contributed by atoms with van der Waals surface area (Å²) in [5, 5.41) is 6.20. The zero-order chi connectivity index (χ0) is 12.4. The number of anilines is 1. The number of nitrogens with one attached hydrogen (secondary N) is 2. The summed E-state index contributed by atoms with van der Waals surface area (Å²) in [4.78, 5) is 16.4. The van der Waals surface area contributed by atoms with Gasteiger partial charge in [0.15, 0.2) is 0 Å². The Morgan fingerprint density at radius 2 is 2.11 bits per heavy atom. The number of hydrogen-bond donors (Lipinski definition) is 2. The van der Waals surface area contributed by atoms with Gasteiger partial charge < -0.3 is 10.6 Å². The van der Waals surface area contributed by atoms with Gasteiger partial charge in [0.2, 0.25) is 5.91 Å². The normalized spacial score (nSPS) is 22.4. The average molecular weight is 270 g/mol. The molecule has 0 aliphatic carbocycles. The Morgan fingerprint density at radius 3 is 2.67 bits per heavy atom. The number of halogens is 1. The molecule has 0 bridgehead atoms. The van der Waals surface area contributed by atoms with Gasteiger partial charge in [-0.1, -0.05) is 6.92 Å². The van der Waals surface area contributed by atoms with Crippen molar-refractivity contribution >= 4 is 24.0 Å². The Hall–Kier alpha value is -1.13. The summed E-state index contributed by atoms with van der Waals surface area (Å²) in [6.07, 6.45) is 0. The number of nitrogens with zero attached hydrogens (tertiary/aromatic N) is 1. The summed E-state index contributed by atoms with van der Waals surface area (Å²) in [5.74, 6) is 0.556. The Morgan fingerprint density at radius 1 is 1.39 bits per heavy atom. The second-order valence-corrected chi connectivity index (χ2v) is 4.82. The minimum absolute atomic E-state index is 0. The third-order valence-corrected chi connectivity index (χ3v) is 3.34. The predicted molar refractivity (Wildman–Crippen MR) is 75.1 cm³/mol. The highest BCUT2D eigenvalue weighted by molar-refractivity contribution is 5.93. The fourth-order valence-corrected chi connectivity index (χ4v) is 2.21. The standard InChI is InChI=1S/C13H19N3O.ClH/c1-8-6-14-7-11(8)13(17)16-12-5-4-9(2)15-10(12)3;/h4-5,8,11,14H,6-7H2,1-3H3,(H,16,17);1H/t8-,11-;/m1./s1. The highest BCUT2D eigenvalue weighted by Gasteiger charge is 2.29. The molecule has 18 heavy (non-hydrogen) atoms. The maximum atomic E-state index is 12.1. The zero-order valence-electron chi connectivity index (χ0n) is 11.0. The molecule has 2 N–H and O–H groups in total. The predicted octanol–water partition coefficient (Wildman–Crippen LogP) is 1.91. The maximum Gasteiger partial charge on any atom is 0.229 e. The topological polar surface area (TPSA) is 54.0 Å². The molecule has 1 fully saturated rings. The van der Waals surface area contributed by atoms with E-state index >= 15 is 0 Å². The number of rotatable bonds is 2. The summed E-state index contributed by atoms with van der Waals surface area (Å²) in [5.41, 5.74) is 2.66. The first-order chi connectivity index (χ1) is 8.08. The zero-order valence-corrected chi connectivity index (χ0v) is 11.8. The van der Waals surface area contributed by atoms with Gasteiger partial charge in [0.25, 0.3) is 0 Å².